The Hall–Kier alpha value is -1.06. The van der Waals surface area contributed by atoms with Crippen LogP contribution in [0.2, 0.25) is 0 Å². The lowest BCUT2D eigenvalue weighted by Crippen LogP contribution is -2.33. The van der Waals surface area contributed by atoms with E-state index in [4.69, 9.17) is 4.74 Å². The molecular formula is C16H23NO3. The van der Waals surface area contributed by atoms with Gasteiger partial charge in [0.1, 0.15) is 0 Å². The van der Waals surface area contributed by atoms with Gasteiger partial charge < -0.3 is 9.64 Å². The van der Waals surface area contributed by atoms with Crippen molar-refractivity contribution < 1.29 is 14.3 Å². The molecule has 6 unspecified atom stereocenters. The maximum Gasteiger partial charge on any atom is 0.310 e. The van der Waals surface area contributed by atoms with Crippen LogP contribution in [0.3, 0.4) is 0 Å². The van der Waals surface area contributed by atoms with Crippen molar-refractivity contribution in [3.63, 3.8) is 0 Å². The van der Waals surface area contributed by atoms with Crippen molar-refractivity contribution >= 4 is 11.9 Å². The number of likely N-dealkylation sites (tertiary alicyclic amines) is 1. The summed E-state index contributed by atoms with van der Waals surface area (Å²) >= 11 is 0. The molecule has 4 heteroatoms. The van der Waals surface area contributed by atoms with Gasteiger partial charge in [0.25, 0.3) is 0 Å². The number of esters is 1. The van der Waals surface area contributed by atoms with Gasteiger partial charge in [0.15, 0.2) is 0 Å². The lowest BCUT2D eigenvalue weighted by molar-refractivity contribution is -0.146. The van der Waals surface area contributed by atoms with Gasteiger partial charge in [-0.25, -0.2) is 0 Å². The second kappa shape index (κ2) is 4.22. The predicted molar refractivity (Wildman–Crippen MR) is 72.6 cm³/mol. The largest absolute Gasteiger partial charge is 0.469 e. The number of fused-ring (bicyclic) bond motifs is 5. The number of ether oxygens (including phenoxy) is 1. The first-order valence-electron chi connectivity index (χ1n) is 7.98. The van der Waals surface area contributed by atoms with Gasteiger partial charge >= 0.3 is 5.97 Å². The van der Waals surface area contributed by atoms with Crippen LogP contribution in [0.15, 0.2) is 0 Å². The fourth-order valence-corrected chi connectivity index (χ4v) is 5.47. The van der Waals surface area contributed by atoms with Gasteiger partial charge in [0.05, 0.1) is 13.0 Å². The highest BCUT2D eigenvalue weighted by atomic mass is 16.5. The average Bonchev–Trinajstić information content (AvgIpc) is 2.79. The van der Waals surface area contributed by atoms with Crippen LogP contribution < -0.4 is 0 Å². The molecule has 0 aromatic heterocycles. The van der Waals surface area contributed by atoms with E-state index in [1.54, 1.807) is 0 Å². The average molecular weight is 277 g/mol. The molecule has 1 aliphatic heterocycles. The third-order valence-corrected chi connectivity index (χ3v) is 6.45. The molecule has 4 aliphatic rings. The predicted octanol–water partition coefficient (Wildman–Crippen LogP) is 1.55. The van der Waals surface area contributed by atoms with Crippen molar-refractivity contribution in [2.45, 2.75) is 26.2 Å². The third-order valence-electron chi connectivity index (χ3n) is 6.45. The lowest BCUT2D eigenvalue weighted by atomic mass is 9.99. The summed E-state index contributed by atoms with van der Waals surface area (Å²) in [4.78, 5) is 26.4. The van der Waals surface area contributed by atoms with E-state index in [0.29, 0.717) is 30.2 Å². The van der Waals surface area contributed by atoms with Crippen molar-refractivity contribution in [3.8, 4) is 0 Å². The smallest absolute Gasteiger partial charge is 0.310 e. The van der Waals surface area contributed by atoms with E-state index >= 15 is 0 Å². The zero-order valence-corrected chi connectivity index (χ0v) is 12.2. The number of carbonyl (C=O) groups is 2. The number of amides is 1. The molecule has 4 rings (SSSR count). The molecule has 0 N–H and O–H groups in total. The van der Waals surface area contributed by atoms with Crippen LogP contribution in [0.5, 0.6) is 0 Å². The highest BCUT2D eigenvalue weighted by Crippen LogP contribution is 2.69. The van der Waals surface area contributed by atoms with Crippen molar-refractivity contribution in [1.29, 1.82) is 0 Å². The Kier molecular flexibility index (Phi) is 2.67. The Morgan fingerprint density at radius 2 is 1.75 bits per heavy atom. The first-order chi connectivity index (χ1) is 9.61. The highest BCUT2D eigenvalue weighted by Gasteiger charge is 2.68. The molecule has 3 saturated carbocycles. The van der Waals surface area contributed by atoms with Gasteiger partial charge in [0, 0.05) is 19.0 Å². The number of rotatable bonds is 2. The Balaban J connectivity index is 1.43. The fourth-order valence-electron chi connectivity index (χ4n) is 5.47. The summed E-state index contributed by atoms with van der Waals surface area (Å²) < 4.78 is 4.85. The summed E-state index contributed by atoms with van der Waals surface area (Å²) in [5.74, 6) is 3.60. The van der Waals surface area contributed by atoms with Crippen LogP contribution in [0, 0.1) is 41.4 Å². The zero-order valence-electron chi connectivity index (χ0n) is 12.2. The van der Waals surface area contributed by atoms with Crippen LogP contribution in [-0.2, 0) is 14.3 Å². The summed E-state index contributed by atoms with van der Waals surface area (Å²) in [5, 5.41) is 0. The number of nitrogens with zero attached hydrogens (tertiary/aromatic N) is 1. The molecule has 2 bridgehead atoms. The van der Waals surface area contributed by atoms with E-state index in [0.717, 1.165) is 18.4 Å². The van der Waals surface area contributed by atoms with Gasteiger partial charge in [-0.05, 0) is 48.9 Å². The second-order valence-corrected chi connectivity index (χ2v) is 7.36. The SMILES string of the molecule is COC(=O)C1CN(C(=O)C2C3C4CCC(C4)C23)CC1C. The van der Waals surface area contributed by atoms with Gasteiger partial charge in [-0.15, -0.1) is 0 Å². The van der Waals surface area contributed by atoms with E-state index in [2.05, 4.69) is 0 Å². The summed E-state index contributed by atoms with van der Waals surface area (Å²) in [6.07, 6.45) is 4.06. The van der Waals surface area contributed by atoms with E-state index in [1.165, 1.54) is 26.4 Å². The molecule has 0 aromatic rings. The molecule has 110 valence electrons. The van der Waals surface area contributed by atoms with E-state index < -0.39 is 0 Å². The van der Waals surface area contributed by atoms with Crippen molar-refractivity contribution in [2.24, 2.45) is 41.4 Å². The van der Waals surface area contributed by atoms with Gasteiger partial charge in [-0.1, -0.05) is 6.92 Å². The van der Waals surface area contributed by atoms with Crippen LogP contribution >= 0.6 is 0 Å². The van der Waals surface area contributed by atoms with Crippen molar-refractivity contribution in [3.05, 3.63) is 0 Å². The molecule has 1 amide bonds. The quantitative estimate of drug-likeness (QED) is 0.719. The molecule has 20 heavy (non-hydrogen) atoms. The molecule has 0 spiro atoms. The minimum absolute atomic E-state index is 0.126. The summed E-state index contributed by atoms with van der Waals surface area (Å²) in [6.45, 7) is 3.34. The molecule has 4 nitrogen and oxygen atoms in total. The van der Waals surface area contributed by atoms with E-state index in [1.807, 2.05) is 11.8 Å². The molecule has 1 saturated heterocycles. The first kappa shape index (κ1) is 12.7. The van der Waals surface area contributed by atoms with Crippen molar-refractivity contribution in [1.82, 2.24) is 4.90 Å². The molecule has 1 heterocycles. The minimum Gasteiger partial charge on any atom is -0.469 e. The van der Waals surface area contributed by atoms with Crippen LogP contribution in [0.1, 0.15) is 26.2 Å². The van der Waals surface area contributed by atoms with E-state index in [9.17, 15) is 9.59 Å². The lowest BCUT2D eigenvalue weighted by Gasteiger charge is -2.18. The minimum atomic E-state index is -0.163. The van der Waals surface area contributed by atoms with Gasteiger partial charge in [-0.2, -0.15) is 0 Å². The number of methoxy groups -OCH3 is 1. The monoisotopic (exact) mass is 277 g/mol. The normalized spacial score (nSPS) is 48.3. The number of hydrogen-bond acceptors (Lipinski definition) is 3. The highest BCUT2D eigenvalue weighted by molar-refractivity contribution is 5.84. The Labute approximate surface area is 119 Å². The molecular weight excluding hydrogens is 254 g/mol. The topological polar surface area (TPSA) is 46.6 Å². The van der Waals surface area contributed by atoms with Gasteiger partial charge in [0.2, 0.25) is 5.91 Å². The maximum atomic E-state index is 12.7. The van der Waals surface area contributed by atoms with Crippen molar-refractivity contribution in [2.75, 3.05) is 20.2 Å². The molecule has 0 radical (unpaired) electrons. The fraction of sp³-hybridized carbons (Fsp3) is 0.875. The Morgan fingerprint density at radius 3 is 2.35 bits per heavy atom. The molecule has 4 fully saturated rings. The van der Waals surface area contributed by atoms with Crippen LogP contribution in [-0.4, -0.2) is 37.0 Å². The molecule has 6 atom stereocenters. The van der Waals surface area contributed by atoms with Gasteiger partial charge in [-0.3, -0.25) is 9.59 Å². The van der Waals surface area contributed by atoms with Crippen LogP contribution in [0.25, 0.3) is 0 Å². The standard InChI is InChI=1S/C16H23NO3/c1-8-6-17(7-11(8)16(19)20-2)15(18)14-12-9-3-4-10(5-9)13(12)14/h8-14H,3-7H2,1-2H3. The Morgan fingerprint density at radius 1 is 1.10 bits per heavy atom. The van der Waals surface area contributed by atoms with Crippen LogP contribution in [0.4, 0.5) is 0 Å². The van der Waals surface area contributed by atoms with E-state index in [-0.39, 0.29) is 17.8 Å². The number of carbonyl (C=O) groups excluding carboxylic acids is 2. The second-order valence-electron chi connectivity index (χ2n) is 7.36. The molecule has 0 aromatic carbocycles. The maximum absolute atomic E-state index is 12.7. The third kappa shape index (κ3) is 1.60. The zero-order chi connectivity index (χ0) is 14.0. The summed E-state index contributed by atoms with van der Waals surface area (Å²) in [6, 6.07) is 0. The number of hydrogen-bond donors (Lipinski definition) is 0. The Bertz CT molecular complexity index is 447. The summed E-state index contributed by atoms with van der Waals surface area (Å²) in [7, 11) is 1.43. The first-order valence-corrected chi connectivity index (χ1v) is 7.98. The summed E-state index contributed by atoms with van der Waals surface area (Å²) in [5.41, 5.74) is 0. The molecule has 3 aliphatic carbocycles.